The van der Waals surface area contributed by atoms with Crippen molar-refractivity contribution in [3.8, 4) is 0 Å². The van der Waals surface area contributed by atoms with Crippen LogP contribution in [-0.4, -0.2) is 75.2 Å². The molecule has 0 aliphatic carbocycles. The first kappa shape index (κ1) is 16.4. The molecule has 1 heterocycles. The van der Waals surface area contributed by atoms with E-state index in [4.69, 9.17) is 4.74 Å². The number of ether oxygens (including phenoxy) is 1. The van der Waals surface area contributed by atoms with Gasteiger partial charge in [-0.1, -0.05) is 6.92 Å². The lowest BCUT2D eigenvalue weighted by Crippen LogP contribution is -2.45. The lowest BCUT2D eigenvalue weighted by Gasteiger charge is -2.35. The number of piperidine rings is 1. The lowest BCUT2D eigenvalue weighted by atomic mass is 10.0. The second kappa shape index (κ2) is 8.51. The number of carbonyl (C=O) groups is 1. The Kier molecular flexibility index (Phi) is 7.34. The summed E-state index contributed by atoms with van der Waals surface area (Å²) in [5.41, 5.74) is 0. The van der Waals surface area contributed by atoms with E-state index in [0.29, 0.717) is 6.04 Å². The van der Waals surface area contributed by atoms with Gasteiger partial charge in [-0.15, -0.1) is 0 Å². The standard InChI is InChI=1S/C14H29N3O2/c1-5-15-13(14(18)19-4)8-11-17(3)12-6-9-16(2)10-7-12/h12-13,15H,5-11H2,1-4H3. The summed E-state index contributed by atoms with van der Waals surface area (Å²) < 4.78 is 4.83. The van der Waals surface area contributed by atoms with Crippen molar-refractivity contribution in [2.75, 3.05) is 47.4 Å². The highest BCUT2D eigenvalue weighted by molar-refractivity contribution is 5.75. The average Bonchev–Trinajstić information content (AvgIpc) is 2.43. The highest BCUT2D eigenvalue weighted by Gasteiger charge is 2.23. The third-order valence-corrected chi connectivity index (χ3v) is 4.02. The third kappa shape index (κ3) is 5.47. The van der Waals surface area contributed by atoms with E-state index in [9.17, 15) is 4.79 Å². The Balaban J connectivity index is 2.34. The van der Waals surface area contributed by atoms with Crippen LogP contribution >= 0.6 is 0 Å². The summed E-state index contributed by atoms with van der Waals surface area (Å²) in [6, 6.07) is 0.472. The molecule has 0 amide bonds. The maximum atomic E-state index is 11.6. The van der Waals surface area contributed by atoms with Crippen molar-refractivity contribution >= 4 is 5.97 Å². The van der Waals surface area contributed by atoms with Gasteiger partial charge >= 0.3 is 5.97 Å². The molecule has 1 atom stereocenters. The molecular weight excluding hydrogens is 242 g/mol. The zero-order chi connectivity index (χ0) is 14.3. The molecule has 1 rings (SSSR count). The monoisotopic (exact) mass is 271 g/mol. The minimum atomic E-state index is -0.177. The normalized spacial score (nSPS) is 19.6. The smallest absolute Gasteiger partial charge is 0.322 e. The minimum absolute atomic E-state index is 0.154. The maximum Gasteiger partial charge on any atom is 0.322 e. The quantitative estimate of drug-likeness (QED) is 0.685. The number of likely N-dealkylation sites (N-methyl/N-ethyl adjacent to an activating group) is 1. The zero-order valence-electron chi connectivity index (χ0n) is 12.8. The number of likely N-dealkylation sites (tertiary alicyclic amines) is 1. The summed E-state index contributed by atoms with van der Waals surface area (Å²) in [4.78, 5) is 16.4. The van der Waals surface area contributed by atoms with Gasteiger partial charge in [-0.05, 0) is 53.0 Å². The molecule has 0 aromatic carbocycles. The van der Waals surface area contributed by atoms with Gasteiger partial charge in [0.2, 0.25) is 0 Å². The second-order valence-electron chi connectivity index (χ2n) is 5.44. The molecule has 0 bridgehead atoms. The summed E-state index contributed by atoms with van der Waals surface area (Å²) >= 11 is 0. The Morgan fingerprint density at radius 2 is 2.11 bits per heavy atom. The van der Waals surface area contributed by atoms with Crippen molar-refractivity contribution < 1.29 is 9.53 Å². The molecule has 0 spiro atoms. The molecule has 5 nitrogen and oxygen atoms in total. The molecule has 0 aromatic rings. The van der Waals surface area contributed by atoms with E-state index < -0.39 is 0 Å². The van der Waals surface area contributed by atoms with Crippen LogP contribution in [0.5, 0.6) is 0 Å². The second-order valence-corrected chi connectivity index (χ2v) is 5.44. The first-order valence-corrected chi connectivity index (χ1v) is 7.28. The van der Waals surface area contributed by atoms with E-state index in [1.807, 2.05) is 6.92 Å². The summed E-state index contributed by atoms with van der Waals surface area (Å²) in [5, 5.41) is 3.19. The average molecular weight is 271 g/mol. The number of nitrogens with zero attached hydrogens (tertiary/aromatic N) is 2. The van der Waals surface area contributed by atoms with Crippen LogP contribution in [0.4, 0.5) is 0 Å². The van der Waals surface area contributed by atoms with Crippen molar-refractivity contribution in [2.45, 2.75) is 38.3 Å². The highest BCUT2D eigenvalue weighted by Crippen LogP contribution is 2.14. The van der Waals surface area contributed by atoms with E-state index >= 15 is 0 Å². The zero-order valence-corrected chi connectivity index (χ0v) is 12.8. The molecule has 0 aromatic heterocycles. The minimum Gasteiger partial charge on any atom is -0.468 e. The van der Waals surface area contributed by atoms with E-state index in [1.54, 1.807) is 0 Å². The Morgan fingerprint density at radius 1 is 1.47 bits per heavy atom. The Morgan fingerprint density at radius 3 is 2.63 bits per heavy atom. The van der Waals surface area contributed by atoms with Crippen LogP contribution in [0.15, 0.2) is 0 Å². The number of rotatable bonds is 7. The number of hydrogen-bond donors (Lipinski definition) is 1. The first-order chi connectivity index (χ1) is 9.08. The van der Waals surface area contributed by atoms with Crippen molar-refractivity contribution in [1.82, 2.24) is 15.1 Å². The maximum absolute atomic E-state index is 11.6. The largest absolute Gasteiger partial charge is 0.468 e. The fourth-order valence-corrected chi connectivity index (χ4v) is 2.64. The number of hydrogen-bond acceptors (Lipinski definition) is 5. The topological polar surface area (TPSA) is 44.8 Å². The first-order valence-electron chi connectivity index (χ1n) is 7.28. The predicted molar refractivity (Wildman–Crippen MR) is 77.2 cm³/mol. The Labute approximate surface area is 117 Å². The summed E-state index contributed by atoms with van der Waals surface area (Å²) in [5.74, 6) is -0.154. The fourth-order valence-electron chi connectivity index (χ4n) is 2.64. The molecular formula is C14H29N3O2. The summed E-state index contributed by atoms with van der Waals surface area (Å²) in [6.07, 6.45) is 3.25. The van der Waals surface area contributed by atoms with E-state index in [1.165, 1.54) is 33.0 Å². The number of carbonyl (C=O) groups excluding carboxylic acids is 1. The van der Waals surface area contributed by atoms with Crippen LogP contribution in [-0.2, 0) is 9.53 Å². The van der Waals surface area contributed by atoms with E-state index in [-0.39, 0.29) is 12.0 Å². The molecule has 1 aliphatic heterocycles. The van der Waals surface area contributed by atoms with Gasteiger partial charge in [0, 0.05) is 12.6 Å². The van der Waals surface area contributed by atoms with Crippen LogP contribution in [0.2, 0.25) is 0 Å². The number of methoxy groups -OCH3 is 1. The molecule has 1 fully saturated rings. The van der Waals surface area contributed by atoms with Gasteiger partial charge in [-0.3, -0.25) is 4.79 Å². The molecule has 19 heavy (non-hydrogen) atoms. The Bertz CT molecular complexity index is 265. The van der Waals surface area contributed by atoms with Crippen molar-refractivity contribution in [3.05, 3.63) is 0 Å². The molecule has 5 heteroatoms. The van der Waals surface area contributed by atoms with Crippen LogP contribution < -0.4 is 5.32 Å². The molecule has 1 unspecified atom stereocenters. The van der Waals surface area contributed by atoms with Gasteiger partial charge in [0.15, 0.2) is 0 Å². The summed E-state index contributed by atoms with van der Waals surface area (Å²) in [7, 11) is 5.79. The number of nitrogens with one attached hydrogen (secondary N) is 1. The van der Waals surface area contributed by atoms with Gasteiger partial charge in [0.25, 0.3) is 0 Å². The SMILES string of the molecule is CCNC(CCN(C)C1CCN(C)CC1)C(=O)OC. The van der Waals surface area contributed by atoms with Crippen LogP contribution in [0, 0.1) is 0 Å². The van der Waals surface area contributed by atoms with Crippen LogP contribution in [0.25, 0.3) is 0 Å². The molecule has 1 N–H and O–H groups in total. The Hall–Kier alpha value is -0.650. The van der Waals surface area contributed by atoms with Crippen molar-refractivity contribution in [2.24, 2.45) is 0 Å². The van der Waals surface area contributed by atoms with Gasteiger partial charge in [-0.2, -0.15) is 0 Å². The van der Waals surface area contributed by atoms with Gasteiger partial charge in [0.1, 0.15) is 6.04 Å². The molecule has 0 saturated carbocycles. The lowest BCUT2D eigenvalue weighted by molar-refractivity contribution is -0.143. The van der Waals surface area contributed by atoms with Crippen LogP contribution in [0.3, 0.4) is 0 Å². The van der Waals surface area contributed by atoms with Gasteiger partial charge in [0.05, 0.1) is 7.11 Å². The molecule has 1 saturated heterocycles. The third-order valence-electron chi connectivity index (χ3n) is 4.02. The molecule has 0 radical (unpaired) electrons. The molecule has 112 valence electrons. The van der Waals surface area contributed by atoms with E-state index in [0.717, 1.165) is 19.5 Å². The van der Waals surface area contributed by atoms with E-state index in [2.05, 4.69) is 29.2 Å². The van der Waals surface area contributed by atoms with Gasteiger partial charge in [-0.25, -0.2) is 0 Å². The van der Waals surface area contributed by atoms with Crippen molar-refractivity contribution in [1.29, 1.82) is 0 Å². The number of esters is 1. The molecule has 1 aliphatic rings. The van der Waals surface area contributed by atoms with Crippen molar-refractivity contribution in [3.63, 3.8) is 0 Å². The fraction of sp³-hybridized carbons (Fsp3) is 0.929. The summed E-state index contributed by atoms with van der Waals surface area (Å²) in [6.45, 7) is 6.07. The van der Waals surface area contributed by atoms with Gasteiger partial charge < -0.3 is 19.9 Å². The predicted octanol–water partition coefficient (Wildman–Crippen LogP) is 0.554. The van der Waals surface area contributed by atoms with Crippen LogP contribution in [0.1, 0.15) is 26.2 Å². The highest BCUT2D eigenvalue weighted by atomic mass is 16.5.